The van der Waals surface area contributed by atoms with E-state index in [4.69, 9.17) is 4.74 Å². The molecule has 1 saturated heterocycles. The summed E-state index contributed by atoms with van der Waals surface area (Å²) in [5, 5.41) is 0. The van der Waals surface area contributed by atoms with Crippen LogP contribution in [-0.2, 0) is 4.79 Å². The van der Waals surface area contributed by atoms with Crippen molar-refractivity contribution in [3.63, 3.8) is 0 Å². The molecule has 4 heteroatoms. The van der Waals surface area contributed by atoms with Crippen LogP contribution in [0.3, 0.4) is 0 Å². The maximum absolute atomic E-state index is 11.5. The molecular formula is C16H21NO3. The third-order valence-corrected chi connectivity index (χ3v) is 3.69. The predicted octanol–water partition coefficient (Wildman–Crippen LogP) is 2.18. The van der Waals surface area contributed by atoms with Crippen molar-refractivity contribution in [3.8, 4) is 5.75 Å². The Labute approximate surface area is 119 Å². The maximum Gasteiger partial charge on any atom is 0.163 e. The fraction of sp³-hybridized carbons (Fsp3) is 0.500. The van der Waals surface area contributed by atoms with Gasteiger partial charge in [-0.3, -0.25) is 14.5 Å². The molecule has 0 aromatic heterocycles. The van der Waals surface area contributed by atoms with E-state index in [-0.39, 0.29) is 11.7 Å². The Morgan fingerprint density at radius 3 is 2.85 bits per heavy atom. The van der Waals surface area contributed by atoms with E-state index < -0.39 is 0 Å². The fourth-order valence-corrected chi connectivity index (χ4v) is 2.47. The molecule has 0 N–H and O–H groups in total. The second-order valence-corrected chi connectivity index (χ2v) is 5.32. The topological polar surface area (TPSA) is 46.6 Å². The number of rotatable bonds is 5. The van der Waals surface area contributed by atoms with Gasteiger partial charge in [-0.15, -0.1) is 0 Å². The Kier molecular flexibility index (Phi) is 4.90. The lowest BCUT2D eigenvalue weighted by atomic mass is 9.99. The monoisotopic (exact) mass is 275 g/mol. The molecule has 1 aliphatic heterocycles. The number of likely N-dealkylation sites (tertiary alicyclic amines) is 1. The molecule has 0 aliphatic carbocycles. The average Bonchev–Trinajstić information content (AvgIpc) is 2.43. The summed E-state index contributed by atoms with van der Waals surface area (Å²) in [6.07, 6.45) is 0.630. The van der Waals surface area contributed by atoms with Crippen molar-refractivity contribution in [2.75, 3.05) is 26.2 Å². The number of Topliss-reactive ketones (excluding diaryl/α,β-unsaturated/α-hetero) is 2. The molecule has 1 aromatic carbocycles. The van der Waals surface area contributed by atoms with Crippen molar-refractivity contribution in [1.82, 2.24) is 4.90 Å². The molecule has 20 heavy (non-hydrogen) atoms. The van der Waals surface area contributed by atoms with Crippen LogP contribution in [0, 0.1) is 5.92 Å². The van der Waals surface area contributed by atoms with Gasteiger partial charge in [0.2, 0.25) is 0 Å². The lowest BCUT2D eigenvalue weighted by molar-refractivity contribution is -0.125. The number of carbonyl (C=O) groups excluding carboxylic acids is 2. The molecule has 0 saturated carbocycles. The summed E-state index contributed by atoms with van der Waals surface area (Å²) < 4.78 is 5.72. The van der Waals surface area contributed by atoms with Gasteiger partial charge in [-0.05, 0) is 19.1 Å². The highest BCUT2D eigenvalue weighted by Gasteiger charge is 2.23. The lowest BCUT2D eigenvalue weighted by Crippen LogP contribution is -2.41. The Morgan fingerprint density at radius 1 is 1.40 bits per heavy atom. The molecular weight excluding hydrogens is 254 g/mol. The van der Waals surface area contributed by atoms with E-state index in [9.17, 15) is 9.59 Å². The first-order chi connectivity index (χ1) is 9.58. The molecule has 0 bridgehead atoms. The van der Waals surface area contributed by atoms with E-state index in [0.717, 1.165) is 19.6 Å². The Balaban J connectivity index is 1.84. The SMILES string of the molecule is CC(=O)c1ccccc1OCCN1CCC(=O)C(C)C1. The van der Waals surface area contributed by atoms with Crippen molar-refractivity contribution in [3.05, 3.63) is 29.8 Å². The second-order valence-electron chi connectivity index (χ2n) is 5.32. The first-order valence-electron chi connectivity index (χ1n) is 7.05. The number of piperidine rings is 1. The fourth-order valence-electron chi connectivity index (χ4n) is 2.47. The smallest absolute Gasteiger partial charge is 0.163 e. The number of carbonyl (C=O) groups is 2. The van der Waals surface area contributed by atoms with E-state index in [0.29, 0.717) is 30.1 Å². The van der Waals surface area contributed by atoms with Gasteiger partial charge >= 0.3 is 0 Å². The number of hydrogen-bond donors (Lipinski definition) is 0. The molecule has 0 spiro atoms. The number of ether oxygens (including phenoxy) is 1. The summed E-state index contributed by atoms with van der Waals surface area (Å²) in [6.45, 7) is 6.44. The van der Waals surface area contributed by atoms with Crippen LogP contribution in [0.4, 0.5) is 0 Å². The van der Waals surface area contributed by atoms with Gasteiger partial charge in [0, 0.05) is 32.0 Å². The quantitative estimate of drug-likeness (QED) is 0.773. The van der Waals surface area contributed by atoms with Gasteiger partial charge < -0.3 is 4.74 Å². The molecule has 1 fully saturated rings. The second kappa shape index (κ2) is 6.66. The molecule has 1 aromatic rings. The third kappa shape index (κ3) is 3.67. The molecule has 1 atom stereocenters. The third-order valence-electron chi connectivity index (χ3n) is 3.69. The molecule has 2 rings (SSSR count). The van der Waals surface area contributed by atoms with Crippen molar-refractivity contribution in [2.45, 2.75) is 20.3 Å². The molecule has 1 unspecified atom stereocenters. The molecule has 0 radical (unpaired) electrons. The van der Waals surface area contributed by atoms with Gasteiger partial charge in [0.1, 0.15) is 18.1 Å². The van der Waals surface area contributed by atoms with Crippen LogP contribution in [0.2, 0.25) is 0 Å². The number of para-hydroxylation sites is 1. The maximum atomic E-state index is 11.5. The van der Waals surface area contributed by atoms with Crippen molar-refractivity contribution in [2.24, 2.45) is 5.92 Å². The van der Waals surface area contributed by atoms with Gasteiger partial charge in [-0.2, -0.15) is 0 Å². The minimum absolute atomic E-state index is 0.0118. The molecule has 0 amide bonds. The van der Waals surface area contributed by atoms with Gasteiger partial charge in [0.25, 0.3) is 0 Å². The van der Waals surface area contributed by atoms with E-state index in [1.807, 2.05) is 25.1 Å². The standard InChI is InChI=1S/C16H21NO3/c1-12-11-17(8-7-15(12)19)9-10-20-16-6-4-3-5-14(16)13(2)18/h3-6,12H,7-11H2,1-2H3. The van der Waals surface area contributed by atoms with E-state index >= 15 is 0 Å². The highest BCUT2D eigenvalue weighted by molar-refractivity contribution is 5.96. The summed E-state index contributed by atoms with van der Waals surface area (Å²) in [5.41, 5.74) is 0.620. The Morgan fingerprint density at radius 2 is 2.15 bits per heavy atom. The largest absolute Gasteiger partial charge is 0.491 e. The molecule has 1 heterocycles. The average molecular weight is 275 g/mol. The molecule has 108 valence electrons. The number of hydrogen-bond acceptors (Lipinski definition) is 4. The van der Waals surface area contributed by atoms with Gasteiger partial charge in [0.05, 0.1) is 5.56 Å². The predicted molar refractivity (Wildman–Crippen MR) is 77.2 cm³/mol. The zero-order chi connectivity index (χ0) is 14.5. The zero-order valence-electron chi connectivity index (χ0n) is 12.1. The summed E-state index contributed by atoms with van der Waals surface area (Å²) in [5.74, 6) is 1.12. The van der Waals surface area contributed by atoms with Crippen LogP contribution in [0.1, 0.15) is 30.6 Å². The van der Waals surface area contributed by atoms with E-state index in [1.165, 1.54) is 0 Å². The van der Waals surface area contributed by atoms with Gasteiger partial charge in [-0.1, -0.05) is 19.1 Å². The number of ketones is 2. The van der Waals surface area contributed by atoms with Crippen molar-refractivity contribution in [1.29, 1.82) is 0 Å². The summed E-state index contributed by atoms with van der Waals surface area (Å²) >= 11 is 0. The van der Waals surface area contributed by atoms with Crippen molar-refractivity contribution >= 4 is 11.6 Å². The highest BCUT2D eigenvalue weighted by Crippen LogP contribution is 2.18. The number of nitrogens with zero attached hydrogens (tertiary/aromatic N) is 1. The lowest BCUT2D eigenvalue weighted by Gasteiger charge is -2.29. The van der Waals surface area contributed by atoms with Crippen LogP contribution in [-0.4, -0.2) is 42.7 Å². The Hall–Kier alpha value is -1.68. The van der Waals surface area contributed by atoms with Crippen LogP contribution >= 0.6 is 0 Å². The minimum atomic E-state index is 0.0118. The molecule has 4 nitrogen and oxygen atoms in total. The van der Waals surface area contributed by atoms with E-state index in [1.54, 1.807) is 13.0 Å². The van der Waals surface area contributed by atoms with Crippen LogP contribution in [0.5, 0.6) is 5.75 Å². The zero-order valence-corrected chi connectivity index (χ0v) is 12.1. The minimum Gasteiger partial charge on any atom is -0.491 e. The Bertz CT molecular complexity index is 498. The van der Waals surface area contributed by atoms with Crippen LogP contribution in [0.15, 0.2) is 24.3 Å². The van der Waals surface area contributed by atoms with Crippen LogP contribution < -0.4 is 4.74 Å². The van der Waals surface area contributed by atoms with Crippen molar-refractivity contribution < 1.29 is 14.3 Å². The normalized spacial score (nSPS) is 19.9. The molecule has 1 aliphatic rings. The summed E-state index contributed by atoms with van der Waals surface area (Å²) in [6, 6.07) is 7.29. The van der Waals surface area contributed by atoms with E-state index in [2.05, 4.69) is 4.90 Å². The highest BCUT2D eigenvalue weighted by atomic mass is 16.5. The van der Waals surface area contributed by atoms with Crippen LogP contribution in [0.25, 0.3) is 0 Å². The summed E-state index contributed by atoms with van der Waals surface area (Å²) in [4.78, 5) is 25.2. The van der Waals surface area contributed by atoms with Gasteiger partial charge in [-0.25, -0.2) is 0 Å². The van der Waals surface area contributed by atoms with Gasteiger partial charge in [0.15, 0.2) is 5.78 Å². The first-order valence-corrected chi connectivity index (χ1v) is 7.05. The number of benzene rings is 1. The first kappa shape index (κ1) is 14.7. The summed E-state index contributed by atoms with van der Waals surface area (Å²) in [7, 11) is 0.